The molecule has 0 aliphatic heterocycles. The number of amides is 1. The molecular weight excluding hydrogens is 302 g/mol. The molecule has 5 heteroatoms. The molecule has 0 saturated carbocycles. The van der Waals surface area contributed by atoms with Crippen LogP contribution < -0.4 is 10.6 Å². The molecule has 0 fully saturated rings. The number of nitrogens with zero attached hydrogens (tertiary/aromatic N) is 1. The highest BCUT2D eigenvalue weighted by atomic mass is 16.3. The SMILES string of the molecule is CCc1cccc(C)c1Nc1ccc(NC(=O)c2ccco2)nc1. The number of rotatable bonds is 5. The second-order valence-electron chi connectivity index (χ2n) is 5.45. The summed E-state index contributed by atoms with van der Waals surface area (Å²) in [5.41, 5.74) is 4.42. The summed E-state index contributed by atoms with van der Waals surface area (Å²) in [4.78, 5) is 16.2. The van der Waals surface area contributed by atoms with Crippen LogP contribution in [0.5, 0.6) is 0 Å². The van der Waals surface area contributed by atoms with E-state index in [0.717, 1.165) is 17.8 Å². The van der Waals surface area contributed by atoms with Crippen LogP contribution in [0.2, 0.25) is 0 Å². The van der Waals surface area contributed by atoms with Gasteiger partial charge in [0, 0.05) is 5.69 Å². The number of hydrogen-bond donors (Lipinski definition) is 2. The average Bonchev–Trinajstić information content (AvgIpc) is 3.13. The van der Waals surface area contributed by atoms with Gasteiger partial charge >= 0.3 is 0 Å². The number of benzene rings is 1. The molecule has 0 aliphatic rings. The molecule has 0 aliphatic carbocycles. The Hall–Kier alpha value is -3.08. The highest BCUT2D eigenvalue weighted by Crippen LogP contribution is 2.25. The number of furan rings is 1. The van der Waals surface area contributed by atoms with Gasteiger partial charge in [-0.25, -0.2) is 4.98 Å². The van der Waals surface area contributed by atoms with Gasteiger partial charge in [-0.05, 0) is 48.7 Å². The summed E-state index contributed by atoms with van der Waals surface area (Å²) in [5, 5.41) is 6.10. The van der Waals surface area contributed by atoms with Crippen molar-refractivity contribution in [3.8, 4) is 0 Å². The molecule has 2 aromatic heterocycles. The van der Waals surface area contributed by atoms with Crippen molar-refractivity contribution in [1.29, 1.82) is 0 Å². The van der Waals surface area contributed by atoms with Crippen molar-refractivity contribution in [2.45, 2.75) is 20.3 Å². The van der Waals surface area contributed by atoms with E-state index in [0.29, 0.717) is 5.82 Å². The molecule has 1 amide bonds. The zero-order chi connectivity index (χ0) is 16.9. The second kappa shape index (κ2) is 7.00. The monoisotopic (exact) mass is 321 g/mol. The maximum atomic E-state index is 11.9. The van der Waals surface area contributed by atoms with E-state index in [2.05, 4.69) is 47.7 Å². The molecule has 0 saturated heterocycles. The third-order valence-corrected chi connectivity index (χ3v) is 3.76. The zero-order valence-electron chi connectivity index (χ0n) is 13.7. The largest absolute Gasteiger partial charge is 0.459 e. The number of carbonyl (C=O) groups excluding carboxylic acids is 1. The highest BCUT2D eigenvalue weighted by Gasteiger charge is 2.09. The summed E-state index contributed by atoms with van der Waals surface area (Å²) in [6.45, 7) is 4.21. The zero-order valence-corrected chi connectivity index (χ0v) is 13.7. The maximum absolute atomic E-state index is 11.9. The van der Waals surface area contributed by atoms with E-state index >= 15 is 0 Å². The van der Waals surface area contributed by atoms with Crippen LogP contribution in [0.4, 0.5) is 17.2 Å². The van der Waals surface area contributed by atoms with Crippen molar-refractivity contribution in [1.82, 2.24) is 4.98 Å². The van der Waals surface area contributed by atoms with Gasteiger partial charge in [0.05, 0.1) is 18.1 Å². The summed E-state index contributed by atoms with van der Waals surface area (Å²) in [6.07, 6.45) is 4.11. The van der Waals surface area contributed by atoms with Gasteiger partial charge in [-0.15, -0.1) is 0 Å². The molecule has 2 heterocycles. The third kappa shape index (κ3) is 3.46. The molecule has 3 aromatic rings. The Bertz CT molecular complexity index is 824. The van der Waals surface area contributed by atoms with Crippen molar-refractivity contribution in [3.63, 3.8) is 0 Å². The van der Waals surface area contributed by atoms with Gasteiger partial charge in [-0.2, -0.15) is 0 Å². The van der Waals surface area contributed by atoms with Crippen LogP contribution in [0.15, 0.2) is 59.3 Å². The predicted molar refractivity (Wildman–Crippen MR) is 94.7 cm³/mol. The molecule has 0 radical (unpaired) electrons. The van der Waals surface area contributed by atoms with E-state index < -0.39 is 0 Å². The Balaban J connectivity index is 1.72. The lowest BCUT2D eigenvalue weighted by atomic mass is 10.1. The van der Waals surface area contributed by atoms with Crippen molar-refractivity contribution in [2.24, 2.45) is 0 Å². The fraction of sp³-hybridized carbons (Fsp3) is 0.158. The fourth-order valence-corrected chi connectivity index (χ4v) is 2.47. The van der Waals surface area contributed by atoms with Gasteiger partial charge in [0.15, 0.2) is 5.76 Å². The topological polar surface area (TPSA) is 67.2 Å². The number of carbonyl (C=O) groups is 1. The highest BCUT2D eigenvalue weighted by molar-refractivity contribution is 6.01. The number of aromatic nitrogens is 1. The number of nitrogens with one attached hydrogen (secondary N) is 2. The van der Waals surface area contributed by atoms with Gasteiger partial charge in [0.2, 0.25) is 0 Å². The van der Waals surface area contributed by atoms with Crippen molar-refractivity contribution >= 4 is 23.1 Å². The Morgan fingerprint density at radius 3 is 2.71 bits per heavy atom. The number of anilines is 3. The lowest BCUT2D eigenvalue weighted by Crippen LogP contribution is -2.11. The normalized spacial score (nSPS) is 10.4. The van der Waals surface area contributed by atoms with Crippen molar-refractivity contribution in [3.05, 3.63) is 71.8 Å². The fourth-order valence-electron chi connectivity index (χ4n) is 2.47. The lowest BCUT2D eigenvalue weighted by Gasteiger charge is -2.14. The Morgan fingerprint density at radius 2 is 2.04 bits per heavy atom. The van der Waals surface area contributed by atoms with Crippen LogP contribution >= 0.6 is 0 Å². The number of aryl methyl sites for hydroxylation is 2. The smallest absolute Gasteiger partial charge is 0.292 e. The van der Waals surface area contributed by atoms with Gasteiger partial charge in [0.1, 0.15) is 5.82 Å². The molecule has 24 heavy (non-hydrogen) atoms. The molecule has 122 valence electrons. The number of pyridine rings is 1. The van der Waals surface area contributed by atoms with E-state index in [1.807, 2.05) is 6.07 Å². The number of hydrogen-bond acceptors (Lipinski definition) is 4. The standard InChI is InChI=1S/C19H19N3O2/c1-3-14-7-4-6-13(2)18(14)21-15-9-10-17(20-12-15)22-19(23)16-8-5-11-24-16/h4-12,21H,3H2,1-2H3,(H,20,22,23). The average molecular weight is 321 g/mol. The molecule has 0 unspecified atom stereocenters. The summed E-state index contributed by atoms with van der Waals surface area (Å²) in [5.74, 6) is 0.411. The van der Waals surface area contributed by atoms with Crippen LogP contribution in [-0.4, -0.2) is 10.9 Å². The van der Waals surface area contributed by atoms with Gasteiger partial charge in [-0.1, -0.05) is 25.1 Å². The minimum atomic E-state index is -0.319. The molecule has 2 N–H and O–H groups in total. The molecule has 1 aromatic carbocycles. The van der Waals surface area contributed by atoms with Crippen LogP contribution in [0.3, 0.4) is 0 Å². The third-order valence-electron chi connectivity index (χ3n) is 3.76. The van der Waals surface area contributed by atoms with Gasteiger partial charge < -0.3 is 15.1 Å². The van der Waals surface area contributed by atoms with E-state index in [4.69, 9.17) is 4.42 Å². The minimum Gasteiger partial charge on any atom is -0.459 e. The van der Waals surface area contributed by atoms with Crippen molar-refractivity contribution < 1.29 is 9.21 Å². The minimum absolute atomic E-state index is 0.256. The quantitative estimate of drug-likeness (QED) is 0.724. The van der Waals surface area contributed by atoms with E-state index in [1.165, 1.54) is 17.4 Å². The first-order chi connectivity index (χ1) is 11.7. The molecule has 0 bridgehead atoms. The maximum Gasteiger partial charge on any atom is 0.292 e. The first-order valence-electron chi connectivity index (χ1n) is 7.84. The predicted octanol–water partition coefficient (Wildman–Crippen LogP) is 4.54. The first-order valence-corrected chi connectivity index (χ1v) is 7.84. The molecular formula is C19H19N3O2. The summed E-state index contributed by atoms with van der Waals surface area (Å²) in [6, 6.07) is 13.2. The van der Waals surface area contributed by atoms with Crippen molar-refractivity contribution in [2.75, 3.05) is 10.6 Å². The second-order valence-corrected chi connectivity index (χ2v) is 5.45. The van der Waals surface area contributed by atoms with E-state index in [9.17, 15) is 4.79 Å². The summed E-state index contributed by atoms with van der Waals surface area (Å²) in [7, 11) is 0. The Kier molecular flexibility index (Phi) is 4.61. The van der Waals surface area contributed by atoms with Crippen LogP contribution in [0.1, 0.15) is 28.6 Å². The first kappa shape index (κ1) is 15.8. The van der Waals surface area contributed by atoms with Gasteiger partial charge in [0.25, 0.3) is 5.91 Å². The summed E-state index contributed by atoms with van der Waals surface area (Å²) < 4.78 is 5.06. The molecule has 0 spiro atoms. The van der Waals surface area contributed by atoms with E-state index in [1.54, 1.807) is 24.4 Å². The molecule has 3 rings (SSSR count). The van der Waals surface area contributed by atoms with Crippen LogP contribution in [0, 0.1) is 6.92 Å². The lowest BCUT2D eigenvalue weighted by molar-refractivity contribution is 0.0996. The molecule has 0 atom stereocenters. The summed E-state index contributed by atoms with van der Waals surface area (Å²) >= 11 is 0. The molecule has 5 nitrogen and oxygen atoms in total. The Morgan fingerprint density at radius 1 is 1.17 bits per heavy atom. The van der Waals surface area contributed by atoms with E-state index in [-0.39, 0.29) is 11.7 Å². The van der Waals surface area contributed by atoms with Gasteiger partial charge in [-0.3, -0.25) is 4.79 Å². The number of para-hydroxylation sites is 1. The van der Waals surface area contributed by atoms with Crippen LogP contribution in [-0.2, 0) is 6.42 Å². The van der Waals surface area contributed by atoms with Crippen LogP contribution in [0.25, 0.3) is 0 Å². The Labute approximate surface area is 140 Å².